The minimum atomic E-state index is -0.519. The van der Waals surface area contributed by atoms with E-state index in [4.69, 9.17) is 0 Å². The van der Waals surface area contributed by atoms with Crippen LogP contribution in [-0.2, 0) is 11.3 Å². The number of hydrogen-bond acceptors (Lipinski definition) is 3. The van der Waals surface area contributed by atoms with Crippen LogP contribution in [0.25, 0.3) is 0 Å². The maximum absolute atomic E-state index is 12.6. The summed E-state index contributed by atoms with van der Waals surface area (Å²) in [5.74, 6) is -0.591. The van der Waals surface area contributed by atoms with E-state index in [0.717, 1.165) is 11.3 Å². The average Bonchev–Trinajstić information content (AvgIpc) is 2.55. The summed E-state index contributed by atoms with van der Waals surface area (Å²) in [5, 5.41) is 9.60. The van der Waals surface area contributed by atoms with Crippen LogP contribution in [0.5, 0.6) is 0 Å². The van der Waals surface area contributed by atoms with Crippen molar-refractivity contribution in [2.45, 2.75) is 19.4 Å². The average molecular weight is 284 g/mol. The Morgan fingerprint density at radius 1 is 1.19 bits per heavy atom. The number of aliphatic hydroxyl groups is 1. The van der Waals surface area contributed by atoms with Crippen molar-refractivity contribution >= 4 is 5.91 Å². The fraction of sp³-hybridized carbons (Fsp3) is 0.294. The number of aliphatic hydroxyl groups excluding tert-OH is 1. The number of amides is 1. The van der Waals surface area contributed by atoms with Gasteiger partial charge >= 0.3 is 0 Å². The molecule has 1 aromatic heterocycles. The third kappa shape index (κ3) is 3.89. The Bertz CT molecular complexity index is 558. The van der Waals surface area contributed by atoms with Gasteiger partial charge in [-0.2, -0.15) is 0 Å². The Kier molecular flexibility index (Phi) is 5.46. The Balaban J connectivity index is 2.15. The molecule has 0 aliphatic carbocycles. The Labute approximate surface area is 125 Å². The van der Waals surface area contributed by atoms with Crippen LogP contribution in [-0.4, -0.2) is 34.0 Å². The molecule has 1 N–H and O–H groups in total. The van der Waals surface area contributed by atoms with Gasteiger partial charge in [-0.15, -0.1) is 0 Å². The number of hydrogen-bond donors (Lipinski definition) is 1. The lowest BCUT2D eigenvalue weighted by atomic mass is 9.98. The first-order chi connectivity index (χ1) is 10.3. The standard InChI is InChI=1S/C17H20N2O2/c1-2-19(12-15-10-6-7-11-18-15)17(21)16(13-20)14-8-4-3-5-9-14/h3-11,16,20H,2,12-13H2,1H3. The normalized spacial score (nSPS) is 11.9. The molecule has 1 aromatic carbocycles. The van der Waals surface area contributed by atoms with E-state index in [1.54, 1.807) is 11.1 Å². The Morgan fingerprint density at radius 2 is 1.90 bits per heavy atom. The van der Waals surface area contributed by atoms with Crippen LogP contribution in [0.2, 0.25) is 0 Å². The zero-order chi connectivity index (χ0) is 15.1. The van der Waals surface area contributed by atoms with E-state index in [2.05, 4.69) is 4.98 Å². The lowest BCUT2D eigenvalue weighted by molar-refractivity contribution is -0.134. The van der Waals surface area contributed by atoms with Gasteiger partial charge in [-0.05, 0) is 24.6 Å². The molecule has 0 saturated carbocycles. The molecule has 0 bridgehead atoms. The molecular weight excluding hydrogens is 264 g/mol. The predicted molar refractivity (Wildman–Crippen MR) is 81.6 cm³/mol. The molecule has 2 aromatic rings. The van der Waals surface area contributed by atoms with Gasteiger partial charge in [-0.25, -0.2) is 0 Å². The minimum absolute atomic E-state index is 0.0724. The van der Waals surface area contributed by atoms with Crippen LogP contribution >= 0.6 is 0 Å². The molecule has 1 amide bonds. The second-order valence-electron chi connectivity index (χ2n) is 4.82. The van der Waals surface area contributed by atoms with Crippen molar-refractivity contribution in [2.24, 2.45) is 0 Å². The highest BCUT2D eigenvalue weighted by atomic mass is 16.3. The summed E-state index contributed by atoms with van der Waals surface area (Å²) in [7, 11) is 0. The van der Waals surface area contributed by atoms with Gasteiger partial charge in [0.1, 0.15) is 0 Å². The van der Waals surface area contributed by atoms with Gasteiger partial charge < -0.3 is 10.0 Å². The Morgan fingerprint density at radius 3 is 2.48 bits per heavy atom. The third-order valence-electron chi connectivity index (χ3n) is 3.46. The highest BCUT2D eigenvalue weighted by molar-refractivity contribution is 5.83. The van der Waals surface area contributed by atoms with Crippen molar-refractivity contribution in [1.82, 2.24) is 9.88 Å². The molecule has 0 aliphatic heterocycles. The molecule has 4 heteroatoms. The lowest BCUT2D eigenvalue weighted by Crippen LogP contribution is -2.36. The molecule has 0 spiro atoms. The number of rotatable bonds is 6. The quantitative estimate of drug-likeness (QED) is 0.885. The molecule has 0 radical (unpaired) electrons. The van der Waals surface area contributed by atoms with Crippen molar-refractivity contribution in [1.29, 1.82) is 0 Å². The van der Waals surface area contributed by atoms with E-state index >= 15 is 0 Å². The first-order valence-corrected chi connectivity index (χ1v) is 7.10. The lowest BCUT2D eigenvalue weighted by Gasteiger charge is -2.25. The summed E-state index contributed by atoms with van der Waals surface area (Å²) in [6.07, 6.45) is 1.72. The maximum atomic E-state index is 12.6. The van der Waals surface area contributed by atoms with Crippen LogP contribution in [0.3, 0.4) is 0 Å². The fourth-order valence-electron chi connectivity index (χ4n) is 2.26. The first kappa shape index (κ1) is 15.2. The second-order valence-corrected chi connectivity index (χ2v) is 4.82. The smallest absolute Gasteiger partial charge is 0.232 e. The molecule has 21 heavy (non-hydrogen) atoms. The SMILES string of the molecule is CCN(Cc1ccccn1)C(=O)C(CO)c1ccccc1. The summed E-state index contributed by atoms with van der Waals surface area (Å²) >= 11 is 0. The number of likely N-dealkylation sites (N-methyl/N-ethyl adjacent to an activating group) is 1. The molecule has 4 nitrogen and oxygen atoms in total. The van der Waals surface area contributed by atoms with E-state index in [0.29, 0.717) is 13.1 Å². The van der Waals surface area contributed by atoms with Gasteiger partial charge in [0.15, 0.2) is 0 Å². The van der Waals surface area contributed by atoms with Crippen LogP contribution in [0.15, 0.2) is 54.7 Å². The van der Waals surface area contributed by atoms with E-state index in [-0.39, 0.29) is 12.5 Å². The maximum Gasteiger partial charge on any atom is 0.232 e. The third-order valence-corrected chi connectivity index (χ3v) is 3.46. The van der Waals surface area contributed by atoms with Crippen LogP contribution in [0.1, 0.15) is 24.1 Å². The summed E-state index contributed by atoms with van der Waals surface area (Å²) in [6.45, 7) is 2.78. The van der Waals surface area contributed by atoms with Gasteiger partial charge in [0.25, 0.3) is 0 Å². The van der Waals surface area contributed by atoms with Crippen molar-refractivity contribution in [3.63, 3.8) is 0 Å². The summed E-state index contributed by atoms with van der Waals surface area (Å²) < 4.78 is 0. The highest BCUT2D eigenvalue weighted by Gasteiger charge is 2.24. The van der Waals surface area contributed by atoms with Crippen molar-refractivity contribution < 1.29 is 9.90 Å². The minimum Gasteiger partial charge on any atom is -0.395 e. The van der Waals surface area contributed by atoms with Gasteiger partial charge in [0.05, 0.1) is 24.8 Å². The summed E-state index contributed by atoms with van der Waals surface area (Å²) in [6, 6.07) is 15.0. The monoisotopic (exact) mass is 284 g/mol. The van der Waals surface area contributed by atoms with Crippen LogP contribution < -0.4 is 0 Å². The largest absolute Gasteiger partial charge is 0.395 e. The Hall–Kier alpha value is -2.20. The molecular formula is C17H20N2O2. The zero-order valence-electron chi connectivity index (χ0n) is 12.1. The van der Waals surface area contributed by atoms with Gasteiger partial charge in [-0.1, -0.05) is 36.4 Å². The molecule has 1 atom stereocenters. The van der Waals surface area contributed by atoms with Gasteiger partial charge in [0.2, 0.25) is 5.91 Å². The van der Waals surface area contributed by atoms with E-state index in [1.165, 1.54) is 0 Å². The molecule has 1 heterocycles. The topological polar surface area (TPSA) is 53.4 Å². The molecule has 0 saturated heterocycles. The van der Waals surface area contributed by atoms with E-state index in [9.17, 15) is 9.90 Å². The number of carbonyl (C=O) groups is 1. The second kappa shape index (κ2) is 7.55. The molecule has 110 valence electrons. The molecule has 1 unspecified atom stereocenters. The van der Waals surface area contributed by atoms with Gasteiger partial charge in [-0.3, -0.25) is 9.78 Å². The van der Waals surface area contributed by atoms with Crippen molar-refractivity contribution in [3.05, 3.63) is 66.0 Å². The number of pyridine rings is 1. The van der Waals surface area contributed by atoms with Crippen molar-refractivity contribution in [2.75, 3.05) is 13.2 Å². The summed E-state index contributed by atoms with van der Waals surface area (Å²) in [5.41, 5.74) is 1.68. The van der Waals surface area contributed by atoms with Crippen LogP contribution in [0, 0.1) is 0 Å². The van der Waals surface area contributed by atoms with Crippen LogP contribution in [0.4, 0.5) is 0 Å². The highest BCUT2D eigenvalue weighted by Crippen LogP contribution is 2.19. The molecule has 2 rings (SSSR count). The molecule has 0 aliphatic rings. The summed E-state index contributed by atoms with van der Waals surface area (Å²) in [4.78, 5) is 18.6. The predicted octanol–water partition coefficient (Wildman–Crippen LogP) is 2.21. The van der Waals surface area contributed by atoms with Gasteiger partial charge in [0, 0.05) is 12.7 Å². The van der Waals surface area contributed by atoms with E-state index in [1.807, 2.05) is 55.5 Å². The fourth-order valence-corrected chi connectivity index (χ4v) is 2.26. The zero-order valence-corrected chi connectivity index (χ0v) is 12.1. The number of carbonyl (C=O) groups excluding carboxylic acids is 1. The number of benzene rings is 1. The van der Waals surface area contributed by atoms with E-state index < -0.39 is 5.92 Å². The molecule has 0 fully saturated rings. The number of nitrogens with zero attached hydrogens (tertiary/aromatic N) is 2. The van der Waals surface area contributed by atoms with Crippen molar-refractivity contribution in [3.8, 4) is 0 Å². The first-order valence-electron chi connectivity index (χ1n) is 7.10. The number of aromatic nitrogens is 1.